The van der Waals surface area contributed by atoms with Crippen LogP contribution in [0.3, 0.4) is 0 Å². The summed E-state index contributed by atoms with van der Waals surface area (Å²) in [7, 11) is 0. The van der Waals surface area contributed by atoms with Crippen molar-refractivity contribution >= 4 is 17.6 Å². The lowest BCUT2D eigenvalue weighted by atomic mass is 10.0. The van der Waals surface area contributed by atoms with E-state index in [0.717, 1.165) is 57.6 Å². The molecule has 2 aliphatic rings. The maximum Gasteiger partial charge on any atom is 0.317 e. The first-order chi connectivity index (χ1) is 11.3. The number of nitrogens with zero attached hydrogens (tertiary/aromatic N) is 1. The second-order valence-corrected chi connectivity index (χ2v) is 6.45. The van der Waals surface area contributed by atoms with Crippen molar-refractivity contribution in [1.29, 1.82) is 0 Å². The molecule has 126 valence electrons. The van der Waals surface area contributed by atoms with Gasteiger partial charge in [0, 0.05) is 18.7 Å². The van der Waals surface area contributed by atoms with Crippen molar-refractivity contribution in [1.82, 2.24) is 15.5 Å². The molecule has 1 saturated heterocycles. The van der Waals surface area contributed by atoms with Gasteiger partial charge in [0.2, 0.25) is 0 Å². The minimum atomic E-state index is 0.00767. The Morgan fingerprint density at radius 1 is 1.26 bits per heavy atom. The number of hydrogen-bond acceptors (Lipinski definition) is 3. The Bertz CT molecular complexity index is 559. The van der Waals surface area contributed by atoms with Gasteiger partial charge in [0.1, 0.15) is 12.4 Å². The van der Waals surface area contributed by atoms with Crippen LogP contribution in [0.15, 0.2) is 12.1 Å². The van der Waals surface area contributed by atoms with E-state index in [1.165, 1.54) is 11.1 Å². The Kier molecular flexibility index (Phi) is 5.62. The Hall–Kier alpha value is -1.46. The Morgan fingerprint density at radius 3 is 2.87 bits per heavy atom. The molecular weight excluding hydrogens is 314 g/mol. The van der Waals surface area contributed by atoms with Crippen LogP contribution in [0.4, 0.5) is 4.79 Å². The summed E-state index contributed by atoms with van der Waals surface area (Å²) >= 11 is 6.32. The number of carbonyl (C=O) groups excluding carboxylic acids is 1. The van der Waals surface area contributed by atoms with Crippen molar-refractivity contribution < 1.29 is 9.53 Å². The average molecular weight is 338 g/mol. The van der Waals surface area contributed by atoms with Crippen LogP contribution < -0.4 is 15.4 Å². The molecule has 1 fully saturated rings. The molecule has 2 heterocycles. The van der Waals surface area contributed by atoms with Crippen LogP contribution in [-0.4, -0.2) is 50.3 Å². The van der Waals surface area contributed by atoms with Crippen molar-refractivity contribution in [2.75, 3.05) is 39.3 Å². The summed E-state index contributed by atoms with van der Waals surface area (Å²) in [6, 6.07) is 4.00. The number of fused-ring (bicyclic) bond motifs is 1. The lowest BCUT2D eigenvalue weighted by Gasteiger charge is -2.18. The number of rotatable bonds is 4. The predicted octanol–water partition coefficient (Wildman–Crippen LogP) is 2.21. The van der Waals surface area contributed by atoms with Crippen molar-refractivity contribution in [2.24, 2.45) is 0 Å². The van der Waals surface area contributed by atoms with Crippen molar-refractivity contribution in [2.45, 2.75) is 25.7 Å². The van der Waals surface area contributed by atoms with E-state index in [0.29, 0.717) is 18.2 Å². The molecule has 0 unspecified atom stereocenters. The maximum atomic E-state index is 11.9. The first-order valence-corrected chi connectivity index (χ1v) is 8.80. The molecule has 0 spiro atoms. The van der Waals surface area contributed by atoms with Gasteiger partial charge in [0.25, 0.3) is 0 Å². The Morgan fingerprint density at radius 2 is 2.04 bits per heavy atom. The molecule has 0 radical (unpaired) electrons. The number of carbonyl (C=O) groups is 1. The number of nitrogens with one attached hydrogen (secondary N) is 2. The van der Waals surface area contributed by atoms with Gasteiger partial charge in [-0.15, -0.1) is 0 Å². The standard InChI is InChI=1S/C17H24ClN3O2/c18-15-4-3-13-5-7-19-8-6-14(13)16(15)23-12-9-20-17(22)21-10-1-2-11-21/h3-4,19H,1-2,5-12H2,(H,20,22). The fourth-order valence-corrected chi connectivity index (χ4v) is 3.44. The molecule has 2 amide bonds. The fraction of sp³-hybridized carbons (Fsp3) is 0.588. The molecule has 0 aromatic heterocycles. The minimum absolute atomic E-state index is 0.00767. The van der Waals surface area contributed by atoms with E-state index < -0.39 is 0 Å². The first-order valence-electron chi connectivity index (χ1n) is 8.42. The highest BCUT2D eigenvalue weighted by Gasteiger charge is 2.18. The van der Waals surface area contributed by atoms with E-state index in [2.05, 4.69) is 16.7 Å². The third-order valence-corrected chi connectivity index (χ3v) is 4.75. The lowest BCUT2D eigenvalue weighted by molar-refractivity contribution is 0.205. The fourth-order valence-electron chi connectivity index (χ4n) is 3.21. The number of likely N-dealkylation sites (tertiary alicyclic amines) is 1. The molecule has 0 atom stereocenters. The number of urea groups is 1. The van der Waals surface area contributed by atoms with Gasteiger partial charge in [0.15, 0.2) is 0 Å². The van der Waals surface area contributed by atoms with E-state index in [1.807, 2.05) is 11.0 Å². The molecule has 0 aliphatic carbocycles. The van der Waals surface area contributed by atoms with Crippen molar-refractivity contribution in [3.8, 4) is 5.75 Å². The second-order valence-electron chi connectivity index (χ2n) is 6.04. The second kappa shape index (κ2) is 7.88. The largest absolute Gasteiger partial charge is 0.490 e. The van der Waals surface area contributed by atoms with Crippen molar-refractivity contribution in [3.63, 3.8) is 0 Å². The summed E-state index contributed by atoms with van der Waals surface area (Å²) in [5, 5.41) is 6.96. The van der Waals surface area contributed by atoms with Gasteiger partial charge < -0.3 is 20.3 Å². The quantitative estimate of drug-likeness (QED) is 0.828. The lowest BCUT2D eigenvalue weighted by Crippen LogP contribution is -2.39. The van der Waals surface area contributed by atoms with Crippen molar-refractivity contribution in [3.05, 3.63) is 28.3 Å². The van der Waals surface area contributed by atoms with Crippen LogP contribution in [0, 0.1) is 0 Å². The zero-order valence-electron chi connectivity index (χ0n) is 13.4. The first kappa shape index (κ1) is 16.4. The predicted molar refractivity (Wildman–Crippen MR) is 91.4 cm³/mol. The highest BCUT2D eigenvalue weighted by Crippen LogP contribution is 2.32. The zero-order chi connectivity index (χ0) is 16.1. The molecule has 5 nitrogen and oxygen atoms in total. The number of halogens is 1. The highest BCUT2D eigenvalue weighted by atomic mass is 35.5. The summed E-state index contributed by atoms with van der Waals surface area (Å²) < 4.78 is 5.91. The normalized spacial score (nSPS) is 17.5. The van der Waals surface area contributed by atoms with E-state index in [9.17, 15) is 4.79 Å². The Labute approximate surface area is 142 Å². The molecule has 6 heteroatoms. The zero-order valence-corrected chi connectivity index (χ0v) is 14.1. The topological polar surface area (TPSA) is 53.6 Å². The van der Waals surface area contributed by atoms with E-state index in [4.69, 9.17) is 16.3 Å². The Balaban J connectivity index is 1.54. The number of amides is 2. The molecule has 0 bridgehead atoms. The van der Waals surface area contributed by atoms with Crippen LogP contribution >= 0.6 is 11.6 Å². The summed E-state index contributed by atoms with van der Waals surface area (Å²) in [6.07, 6.45) is 4.12. The van der Waals surface area contributed by atoms with Gasteiger partial charge in [-0.05, 0) is 50.4 Å². The SMILES string of the molecule is O=C(NCCOc1c(Cl)ccc2c1CCNCC2)N1CCCC1. The average Bonchev–Trinajstić information content (AvgIpc) is 2.99. The van der Waals surface area contributed by atoms with Gasteiger partial charge in [-0.3, -0.25) is 0 Å². The summed E-state index contributed by atoms with van der Waals surface area (Å²) in [6.45, 7) is 4.57. The molecular formula is C17H24ClN3O2. The van der Waals surface area contributed by atoms with E-state index in [-0.39, 0.29) is 6.03 Å². The van der Waals surface area contributed by atoms with Gasteiger partial charge in [-0.1, -0.05) is 17.7 Å². The number of benzene rings is 1. The molecule has 2 aliphatic heterocycles. The molecule has 1 aromatic rings. The van der Waals surface area contributed by atoms with E-state index >= 15 is 0 Å². The summed E-state index contributed by atoms with van der Waals surface area (Å²) in [4.78, 5) is 13.8. The molecule has 23 heavy (non-hydrogen) atoms. The van der Waals surface area contributed by atoms with Crippen LogP contribution in [0.25, 0.3) is 0 Å². The minimum Gasteiger partial charge on any atom is -0.490 e. The van der Waals surface area contributed by atoms with Gasteiger partial charge >= 0.3 is 6.03 Å². The monoisotopic (exact) mass is 337 g/mol. The number of hydrogen-bond donors (Lipinski definition) is 2. The molecule has 3 rings (SSSR count). The number of ether oxygens (including phenoxy) is 1. The highest BCUT2D eigenvalue weighted by molar-refractivity contribution is 6.32. The molecule has 1 aromatic carbocycles. The van der Waals surface area contributed by atoms with Crippen LogP contribution in [0.1, 0.15) is 24.0 Å². The van der Waals surface area contributed by atoms with Gasteiger partial charge in [-0.25, -0.2) is 4.79 Å². The van der Waals surface area contributed by atoms with Gasteiger partial charge in [0.05, 0.1) is 11.6 Å². The van der Waals surface area contributed by atoms with Gasteiger partial charge in [-0.2, -0.15) is 0 Å². The van der Waals surface area contributed by atoms with Crippen LogP contribution in [0.2, 0.25) is 5.02 Å². The maximum absolute atomic E-state index is 11.9. The summed E-state index contributed by atoms with van der Waals surface area (Å²) in [5.41, 5.74) is 2.50. The van der Waals surface area contributed by atoms with Crippen LogP contribution in [0.5, 0.6) is 5.75 Å². The third kappa shape index (κ3) is 4.09. The molecule has 2 N–H and O–H groups in total. The molecule has 0 saturated carbocycles. The third-order valence-electron chi connectivity index (χ3n) is 4.45. The summed E-state index contributed by atoms with van der Waals surface area (Å²) in [5.74, 6) is 0.781. The smallest absolute Gasteiger partial charge is 0.317 e. The van der Waals surface area contributed by atoms with E-state index in [1.54, 1.807) is 0 Å². The van der Waals surface area contributed by atoms with Crippen LogP contribution in [-0.2, 0) is 12.8 Å².